The molecule has 2 aromatic rings. The van der Waals surface area contributed by atoms with E-state index in [-0.39, 0.29) is 23.7 Å². The topological polar surface area (TPSA) is 75.5 Å². The molecular weight excluding hydrogens is 338 g/mol. The first kappa shape index (κ1) is 19.0. The number of hydrogen-bond acceptors (Lipinski definition) is 5. The maximum atomic E-state index is 12.1. The number of para-hydroxylation sites is 2. The van der Waals surface area contributed by atoms with Crippen LogP contribution in [0.5, 0.6) is 0 Å². The Morgan fingerprint density at radius 2 is 1.88 bits per heavy atom. The highest BCUT2D eigenvalue weighted by atomic mass is 32.2. The third-order valence-corrected chi connectivity index (χ3v) is 4.45. The molecule has 0 aliphatic carbocycles. The van der Waals surface area contributed by atoms with Crippen molar-refractivity contribution < 1.29 is 9.72 Å². The van der Waals surface area contributed by atoms with E-state index in [1.807, 2.05) is 18.2 Å². The Balaban J connectivity index is 1.84. The molecule has 0 unspecified atom stereocenters. The zero-order chi connectivity index (χ0) is 18.2. The molecule has 0 aliphatic rings. The number of nitrogens with zero attached hydrogens (tertiary/aromatic N) is 2. The molecule has 6 nitrogen and oxygen atoms in total. The number of anilines is 1. The Labute approximate surface area is 151 Å². The molecule has 0 radical (unpaired) electrons. The summed E-state index contributed by atoms with van der Waals surface area (Å²) in [5.74, 6) is -0.237. The quantitative estimate of drug-likeness (QED) is 0.441. The Bertz CT molecular complexity index is 735. The number of benzene rings is 2. The second kappa shape index (κ2) is 9.19. The monoisotopic (exact) mass is 359 g/mol. The molecular formula is C18H21N3O3S. The van der Waals surface area contributed by atoms with Crippen molar-refractivity contribution in [1.82, 2.24) is 4.90 Å². The Kier molecular flexibility index (Phi) is 6.97. The highest BCUT2D eigenvalue weighted by molar-refractivity contribution is 7.98. The van der Waals surface area contributed by atoms with Crippen LogP contribution in [0.2, 0.25) is 0 Å². The maximum absolute atomic E-state index is 12.1. The van der Waals surface area contributed by atoms with Crippen molar-refractivity contribution in [3.63, 3.8) is 0 Å². The minimum absolute atomic E-state index is 0.0990. The van der Waals surface area contributed by atoms with Gasteiger partial charge < -0.3 is 10.2 Å². The van der Waals surface area contributed by atoms with Crippen LogP contribution in [0.4, 0.5) is 11.4 Å². The summed E-state index contributed by atoms with van der Waals surface area (Å²) in [4.78, 5) is 25.8. The fraction of sp³-hybridized carbons (Fsp3) is 0.278. The van der Waals surface area contributed by atoms with Gasteiger partial charge in [0, 0.05) is 30.5 Å². The van der Waals surface area contributed by atoms with Gasteiger partial charge in [-0.3, -0.25) is 14.9 Å². The van der Waals surface area contributed by atoms with Crippen molar-refractivity contribution in [1.29, 1.82) is 0 Å². The first-order chi connectivity index (χ1) is 12.0. The molecule has 0 spiro atoms. The van der Waals surface area contributed by atoms with Gasteiger partial charge in [-0.2, -0.15) is 0 Å². The molecule has 0 saturated carbocycles. The molecule has 7 heteroatoms. The summed E-state index contributed by atoms with van der Waals surface area (Å²) >= 11 is 1.70. The molecule has 25 heavy (non-hydrogen) atoms. The molecule has 0 bridgehead atoms. The zero-order valence-electron chi connectivity index (χ0n) is 14.3. The highest BCUT2D eigenvalue weighted by Crippen LogP contribution is 2.23. The van der Waals surface area contributed by atoms with E-state index < -0.39 is 4.92 Å². The van der Waals surface area contributed by atoms with E-state index in [2.05, 4.69) is 29.6 Å². The van der Waals surface area contributed by atoms with Gasteiger partial charge in [0.2, 0.25) is 5.91 Å². The predicted octanol–water partition coefficient (Wildman–Crippen LogP) is 3.78. The number of nitro groups is 1. The summed E-state index contributed by atoms with van der Waals surface area (Å²) in [6, 6.07) is 14.5. The van der Waals surface area contributed by atoms with E-state index in [9.17, 15) is 14.9 Å². The minimum Gasteiger partial charge on any atom is -0.320 e. The van der Waals surface area contributed by atoms with E-state index >= 15 is 0 Å². The normalized spacial score (nSPS) is 10.7. The standard InChI is InChI=1S/C18H21N3O3S/c1-20(13-14-7-9-15(25-2)10-8-14)12-11-18(22)19-16-5-3-4-6-17(16)21(23)24/h3-10H,11-13H2,1-2H3,(H,19,22). The lowest BCUT2D eigenvalue weighted by Crippen LogP contribution is -2.24. The second-order valence-corrected chi connectivity index (χ2v) is 6.54. The van der Waals surface area contributed by atoms with Crippen LogP contribution >= 0.6 is 11.8 Å². The van der Waals surface area contributed by atoms with Crippen LogP contribution in [-0.4, -0.2) is 35.6 Å². The average Bonchev–Trinajstić information content (AvgIpc) is 2.61. The lowest BCUT2D eigenvalue weighted by Gasteiger charge is -2.16. The van der Waals surface area contributed by atoms with Crippen LogP contribution in [0.15, 0.2) is 53.4 Å². The lowest BCUT2D eigenvalue weighted by atomic mass is 10.2. The number of hydrogen-bond donors (Lipinski definition) is 1. The average molecular weight is 359 g/mol. The number of thioether (sulfide) groups is 1. The van der Waals surface area contributed by atoms with Gasteiger partial charge in [0.05, 0.1) is 4.92 Å². The molecule has 0 atom stereocenters. The molecule has 2 rings (SSSR count). The summed E-state index contributed by atoms with van der Waals surface area (Å²) in [6.07, 6.45) is 2.31. The van der Waals surface area contributed by atoms with Crippen LogP contribution in [0, 0.1) is 10.1 Å². The number of rotatable bonds is 8. The van der Waals surface area contributed by atoms with Gasteiger partial charge in [-0.15, -0.1) is 11.8 Å². The minimum atomic E-state index is -0.500. The molecule has 0 aromatic heterocycles. The van der Waals surface area contributed by atoms with E-state index in [1.54, 1.807) is 23.9 Å². The Morgan fingerprint density at radius 1 is 1.20 bits per heavy atom. The number of amides is 1. The first-order valence-corrected chi connectivity index (χ1v) is 9.07. The van der Waals surface area contributed by atoms with Gasteiger partial charge in [0.25, 0.3) is 5.69 Å². The molecule has 0 aliphatic heterocycles. The van der Waals surface area contributed by atoms with Gasteiger partial charge in [0.15, 0.2) is 0 Å². The van der Waals surface area contributed by atoms with E-state index in [0.717, 1.165) is 6.54 Å². The fourth-order valence-electron chi connectivity index (χ4n) is 2.37. The van der Waals surface area contributed by atoms with Crippen molar-refractivity contribution in [2.75, 3.05) is 25.2 Å². The molecule has 1 amide bonds. The Hall–Kier alpha value is -2.38. The van der Waals surface area contributed by atoms with Crippen molar-refractivity contribution >= 4 is 29.0 Å². The maximum Gasteiger partial charge on any atom is 0.292 e. The van der Waals surface area contributed by atoms with Crippen LogP contribution in [0.25, 0.3) is 0 Å². The van der Waals surface area contributed by atoms with Crippen molar-refractivity contribution in [2.24, 2.45) is 0 Å². The molecule has 0 fully saturated rings. The third-order valence-electron chi connectivity index (χ3n) is 3.71. The number of carbonyl (C=O) groups excluding carboxylic acids is 1. The number of nitrogens with one attached hydrogen (secondary N) is 1. The van der Waals surface area contributed by atoms with E-state index in [1.165, 1.54) is 22.6 Å². The lowest BCUT2D eigenvalue weighted by molar-refractivity contribution is -0.383. The smallest absolute Gasteiger partial charge is 0.292 e. The first-order valence-electron chi connectivity index (χ1n) is 7.84. The van der Waals surface area contributed by atoms with Gasteiger partial charge in [-0.1, -0.05) is 24.3 Å². The molecule has 132 valence electrons. The fourth-order valence-corrected chi connectivity index (χ4v) is 2.77. The number of carbonyl (C=O) groups is 1. The van der Waals surface area contributed by atoms with Gasteiger partial charge in [-0.05, 0) is 37.1 Å². The molecule has 2 aromatic carbocycles. The SMILES string of the molecule is CSc1ccc(CN(C)CCC(=O)Nc2ccccc2[N+](=O)[O-])cc1. The zero-order valence-corrected chi connectivity index (χ0v) is 15.1. The van der Waals surface area contributed by atoms with Crippen LogP contribution in [-0.2, 0) is 11.3 Å². The van der Waals surface area contributed by atoms with E-state index in [4.69, 9.17) is 0 Å². The van der Waals surface area contributed by atoms with Gasteiger partial charge in [-0.25, -0.2) is 0 Å². The van der Waals surface area contributed by atoms with E-state index in [0.29, 0.717) is 6.54 Å². The van der Waals surface area contributed by atoms with Gasteiger partial charge >= 0.3 is 0 Å². The second-order valence-electron chi connectivity index (χ2n) is 5.66. The summed E-state index contributed by atoms with van der Waals surface area (Å²) in [5, 5.41) is 13.6. The van der Waals surface area contributed by atoms with Crippen LogP contribution < -0.4 is 5.32 Å². The molecule has 0 saturated heterocycles. The summed E-state index contributed by atoms with van der Waals surface area (Å²) < 4.78 is 0. The van der Waals surface area contributed by atoms with Crippen LogP contribution in [0.3, 0.4) is 0 Å². The molecule has 0 heterocycles. The van der Waals surface area contributed by atoms with Gasteiger partial charge in [0.1, 0.15) is 5.69 Å². The summed E-state index contributed by atoms with van der Waals surface area (Å²) in [5.41, 5.74) is 1.31. The van der Waals surface area contributed by atoms with Crippen molar-refractivity contribution in [3.8, 4) is 0 Å². The third kappa shape index (κ3) is 5.88. The Morgan fingerprint density at radius 3 is 2.52 bits per heavy atom. The van der Waals surface area contributed by atoms with Crippen molar-refractivity contribution in [2.45, 2.75) is 17.9 Å². The highest BCUT2D eigenvalue weighted by Gasteiger charge is 2.14. The van der Waals surface area contributed by atoms with Crippen LogP contribution in [0.1, 0.15) is 12.0 Å². The van der Waals surface area contributed by atoms with Crippen molar-refractivity contribution in [3.05, 3.63) is 64.2 Å². The largest absolute Gasteiger partial charge is 0.320 e. The molecule has 1 N–H and O–H groups in total. The summed E-state index contributed by atoms with van der Waals surface area (Å²) in [7, 11) is 1.95. The number of nitro benzene ring substituents is 1. The predicted molar refractivity (Wildman–Crippen MR) is 101 cm³/mol. The summed E-state index contributed by atoms with van der Waals surface area (Å²) in [6.45, 7) is 1.31.